The van der Waals surface area contributed by atoms with Crippen molar-refractivity contribution in [2.24, 2.45) is 0 Å². The van der Waals surface area contributed by atoms with E-state index in [2.05, 4.69) is 11.4 Å². The predicted octanol–water partition coefficient (Wildman–Crippen LogP) is 7.08. The molecule has 0 amide bonds. The van der Waals surface area contributed by atoms with Crippen molar-refractivity contribution in [1.29, 1.82) is 0 Å². The molecular formula is C30H21NO3S. The highest BCUT2D eigenvalue weighted by Gasteiger charge is 2.38. The molecule has 170 valence electrons. The van der Waals surface area contributed by atoms with Crippen LogP contribution in [0.1, 0.15) is 42.7 Å². The Balaban J connectivity index is 1.41. The number of nitrogens with one attached hydrogen (secondary N) is 1. The number of Topliss-reactive ketones (excluding diaryl/α,β-unsaturated/α-hetero) is 1. The minimum Gasteiger partial charge on any atom is -0.423 e. The van der Waals surface area contributed by atoms with Gasteiger partial charge >= 0.3 is 5.97 Å². The number of hydrogen-bond donors (Lipinski definition) is 1. The fraction of sp³-hybridized carbons (Fsp3) is 0.0667. The van der Waals surface area contributed by atoms with Gasteiger partial charge in [0.2, 0.25) is 0 Å². The lowest BCUT2D eigenvalue weighted by atomic mass is 10.0. The molecule has 2 aliphatic rings. The molecule has 0 unspecified atom stereocenters. The molecule has 4 aromatic rings. The zero-order valence-corrected chi connectivity index (χ0v) is 19.8. The van der Waals surface area contributed by atoms with Gasteiger partial charge in [-0.3, -0.25) is 4.79 Å². The number of carbonyl (C=O) groups is 2. The number of esters is 1. The molecule has 35 heavy (non-hydrogen) atoms. The van der Waals surface area contributed by atoms with E-state index in [1.807, 2.05) is 79.7 Å². The van der Waals surface area contributed by atoms with Crippen LogP contribution >= 0.6 is 11.8 Å². The Labute approximate surface area is 207 Å². The van der Waals surface area contributed by atoms with Gasteiger partial charge < -0.3 is 10.1 Å². The Morgan fingerprint density at radius 2 is 1.60 bits per heavy atom. The van der Waals surface area contributed by atoms with Crippen LogP contribution in [0.5, 0.6) is 5.75 Å². The van der Waals surface area contributed by atoms with Crippen molar-refractivity contribution in [2.45, 2.75) is 17.1 Å². The Hall–Kier alpha value is -4.09. The van der Waals surface area contributed by atoms with Crippen molar-refractivity contribution in [2.75, 3.05) is 5.32 Å². The third-order valence-corrected chi connectivity index (χ3v) is 7.62. The van der Waals surface area contributed by atoms with E-state index in [9.17, 15) is 9.59 Å². The van der Waals surface area contributed by atoms with E-state index in [4.69, 9.17) is 4.74 Å². The van der Waals surface area contributed by atoms with Gasteiger partial charge in [0.15, 0.2) is 5.78 Å². The first-order valence-corrected chi connectivity index (χ1v) is 12.3. The summed E-state index contributed by atoms with van der Waals surface area (Å²) in [7, 11) is 0. The van der Waals surface area contributed by atoms with Crippen molar-refractivity contribution < 1.29 is 14.3 Å². The van der Waals surface area contributed by atoms with Gasteiger partial charge in [-0.15, -0.1) is 11.8 Å². The summed E-state index contributed by atoms with van der Waals surface area (Å²) < 4.78 is 5.71. The molecule has 1 N–H and O–H groups in total. The minimum atomic E-state index is -0.410. The number of thioether (sulfide) groups is 1. The number of anilines is 1. The predicted molar refractivity (Wildman–Crippen MR) is 139 cm³/mol. The molecule has 0 spiro atoms. The van der Waals surface area contributed by atoms with Crippen LogP contribution in [0.3, 0.4) is 0 Å². The van der Waals surface area contributed by atoms with Crippen LogP contribution < -0.4 is 10.1 Å². The number of aryl methyl sites for hydroxylation is 1. The van der Waals surface area contributed by atoms with Crippen molar-refractivity contribution in [3.63, 3.8) is 0 Å². The monoisotopic (exact) mass is 475 g/mol. The second-order valence-electron chi connectivity index (χ2n) is 8.61. The van der Waals surface area contributed by atoms with Crippen LogP contribution in [-0.2, 0) is 0 Å². The zero-order valence-electron chi connectivity index (χ0n) is 18.9. The largest absolute Gasteiger partial charge is 0.423 e. The second kappa shape index (κ2) is 8.60. The summed E-state index contributed by atoms with van der Waals surface area (Å²) >= 11 is 1.63. The average molecular weight is 476 g/mol. The number of ketones is 1. The van der Waals surface area contributed by atoms with Crippen molar-refractivity contribution in [1.82, 2.24) is 0 Å². The van der Waals surface area contributed by atoms with Gasteiger partial charge in [-0.05, 0) is 48.9 Å². The first-order valence-electron chi connectivity index (χ1n) is 11.4. The Morgan fingerprint density at radius 1 is 0.857 bits per heavy atom. The fourth-order valence-electron chi connectivity index (χ4n) is 4.51. The number of ether oxygens (including phenoxy) is 1. The van der Waals surface area contributed by atoms with Crippen molar-refractivity contribution >= 4 is 34.9 Å². The molecule has 0 aromatic heterocycles. The van der Waals surface area contributed by atoms with Crippen LogP contribution in [0, 0.1) is 6.92 Å². The number of hydrogen-bond acceptors (Lipinski definition) is 5. The molecule has 1 aliphatic carbocycles. The summed E-state index contributed by atoms with van der Waals surface area (Å²) in [6.45, 7) is 1.97. The molecule has 1 heterocycles. The molecule has 0 bridgehead atoms. The third-order valence-electron chi connectivity index (χ3n) is 6.27. The lowest BCUT2D eigenvalue weighted by Crippen LogP contribution is -2.10. The topological polar surface area (TPSA) is 55.4 Å². The average Bonchev–Trinajstić information content (AvgIpc) is 3.04. The maximum Gasteiger partial charge on any atom is 0.343 e. The van der Waals surface area contributed by atoms with Gasteiger partial charge in [0.1, 0.15) is 5.75 Å². The van der Waals surface area contributed by atoms with Gasteiger partial charge in [-0.25, -0.2) is 4.79 Å². The Bertz CT molecular complexity index is 1520. The van der Waals surface area contributed by atoms with E-state index in [1.165, 1.54) is 0 Å². The molecule has 5 heteroatoms. The summed E-state index contributed by atoms with van der Waals surface area (Å²) in [5.74, 6) is 0.0617. The first-order chi connectivity index (χ1) is 17.1. The van der Waals surface area contributed by atoms with Crippen molar-refractivity contribution in [3.05, 3.63) is 130 Å². The van der Waals surface area contributed by atoms with Crippen LogP contribution in [0.15, 0.2) is 108 Å². The Morgan fingerprint density at radius 3 is 2.43 bits per heavy atom. The number of carbonyl (C=O) groups excluding carboxylic acids is 2. The fourth-order valence-corrected chi connectivity index (χ4v) is 5.79. The maximum absolute atomic E-state index is 13.6. The molecular weight excluding hydrogens is 454 g/mol. The highest BCUT2D eigenvalue weighted by atomic mass is 32.2. The van der Waals surface area contributed by atoms with E-state index in [0.717, 1.165) is 38.5 Å². The third kappa shape index (κ3) is 3.84. The van der Waals surface area contributed by atoms with Crippen LogP contribution in [0.2, 0.25) is 0 Å². The summed E-state index contributed by atoms with van der Waals surface area (Å²) in [6, 6.07) is 30.5. The molecule has 1 atom stereocenters. The van der Waals surface area contributed by atoms with Gasteiger partial charge in [-0.1, -0.05) is 66.2 Å². The number of rotatable bonds is 3. The maximum atomic E-state index is 13.6. The lowest BCUT2D eigenvalue weighted by Gasteiger charge is -2.18. The SMILES string of the molecule is Cc1ccc(C(=O)Oc2cccc([C@@H]3Sc4ccccc4NC4=C3C(=O)c3ccccc34)c2)cc1. The van der Waals surface area contributed by atoms with Gasteiger partial charge in [-0.2, -0.15) is 0 Å². The van der Waals surface area contributed by atoms with Crippen LogP contribution in [-0.4, -0.2) is 11.8 Å². The zero-order chi connectivity index (χ0) is 23.9. The van der Waals surface area contributed by atoms with E-state index in [0.29, 0.717) is 16.9 Å². The molecule has 1 aliphatic heterocycles. The molecule has 4 nitrogen and oxygen atoms in total. The quantitative estimate of drug-likeness (QED) is 0.253. The van der Waals surface area contributed by atoms with Crippen LogP contribution in [0.4, 0.5) is 5.69 Å². The highest BCUT2D eigenvalue weighted by molar-refractivity contribution is 8.00. The molecule has 4 aromatic carbocycles. The van der Waals surface area contributed by atoms with Crippen molar-refractivity contribution in [3.8, 4) is 5.75 Å². The van der Waals surface area contributed by atoms with Crippen LogP contribution in [0.25, 0.3) is 5.70 Å². The van der Waals surface area contributed by atoms with E-state index >= 15 is 0 Å². The minimum absolute atomic E-state index is 0.0236. The summed E-state index contributed by atoms with van der Waals surface area (Å²) in [4.78, 5) is 27.4. The molecule has 0 saturated carbocycles. The summed E-state index contributed by atoms with van der Waals surface area (Å²) in [5, 5.41) is 3.27. The summed E-state index contributed by atoms with van der Waals surface area (Å²) in [5.41, 5.74) is 6.62. The number of para-hydroxylation sites is 1. The number of fused-ring (bicyclic) bond motifs is 3. The highest BCUT2D eigenvalue weighted by Crippen LogP contribution is 2.52. The Kier molecular flexibility index (Phi) is 5.27. The smallest absolute Gasteiger partial charge is 0.343 e. The number of benzene rings is 4. The summed E-state index contributed by atoms with van der Waals surface area (Å²) in [6.07, 6.45) is 0. The van der Waals surface area contributed by atoms with E-state index < -0.39 is 5.97 Å². The van der Waals surface area contributed by atoms with Gasteiger partial charge in [0, 0.05) is 21.6 Å². The first kappa shape index (κ1) is 21.4. The molecule has 0 saturated heterocycles. The molecule has 0 fully saturated rings. The molecule has 0 radical (unpaired) electrons. The van der Waals surface area contributed by atoms with E-state index in [1.54, 1.807) is 30.0 Å². The molecule has 6 rings (SSSR count). The van der Waals surface area contributed by atoms with Gasteiger partial charge in [0.05, 0.1) is 22.2 Å². The normalized spacial score (nSPS) is 16.0. The van der Waals surface area contributed by atoms with Gasteiger partial charge in [0.25, 0.3) is 0 Å². The second-order valence-corrected chi connectivity index (χ2v) is 9.76. The van der Waals surface area contributed by atoms with E-state index in [-0.39, 0.29) is 11.0 Å². The lowest BCUT2D eigenvalue weighted by molar-refractivity contribution is 0.0734. The standard InChI is InChI=1S/C30H21NO3S/c1-18-13-15-19(16-14-18)30(33)34-21-8-6-7-20(17-21)29-26-27(22-9-2-3-10-23(22)28(26)32)31-24-11-4-5-12-25(24)35-29/h2-17,29,31H,1H3/t29-/m0/s1.